The van der Waals surface area contributed by atoms with E-state index >= 15 is 0 Å². The van der Waals surface area contributed by atoms with E-state index in [9.17, 15) is 25.6 Å². The van der Waals surface area contributed by atoms with Crippen LogP contribution in [0.15, 0.2) is 91.2 Å². The molecule has 0 bridgehead atoms. The van der Waals surface area contributed by atoms with Crippen LogP contribution in [0.1, 0.15) is 11.1 Å². The van der Waals surface area contributed by atoms with Gasteiger partial charge in [0.15, 0.2) is 11.1 Å². The van der Waals surface area contributed by atoms with E-state index in [2.05, 4.69) is 0 Å². The van der Waals surface area contributed by atoms with Crippen LogP contribution < -0.4 is 0 Å². The van der Waals surface area contributed by atoms with Crippen LogP contribution in [0.2, 0.25) is 0 Å². The van der Waals surface area contributed by atoms with Crippen LogP contribution in [0.4, 0.5) is 0 Å². The van der Waals surface area contributed by atoms with Gasteiger partial charge in [-0.05, 0) is 61.5 Å². The monoisotopic (exact) mass is 508 g/mol. The Balaban J connectivity index is 2.01. The minimum atomic E-state index is -3.97. The van der Waals surface area contributed by atoms with Gasteiger partial charge in [0.25, 0.3) is 0 Å². The number of rotatable bonds is 7. The van der Waals surface area contributed by atoms with E-state index in [1.165, 1.54) is 54.6 Å². The zero-order chi connectivity index (χ0) is 24.6. The molecule has 0 aliphatic carbocycles. The standard InChI is InChI=1S/C23H25NO6S3/c1-17-5-7-19(8-6-17)32(27,28)20-9-11-21(12-10-20)33(29,30)22-13-14-23(31(25)26)18(15-22)16-24(2,3)4/h5-15H,16H2,1-4H3/p+1. The third kappa shape index (κ3) is 5.59. The fraction of sp³-hybridized carbons (Fsp3) is 0.217. The fourth-order valence-corrected chi connectivity index (χ4v) is 6.42. The van der Waals surface area contributed by atoms with Crippen molar-refractivity contribution in [3.8, 4) is 0 Å². The van der Waals surface area contributed by atoms with E-state index < -0.39 is 30.8 Å². The van der Waals surface area contributed by atoms with E-state index in [1.807, 2.05) is 28.1 Å². The summed E-state index contributed by atoms with van der Waals surface area (Å²) >= 11 is -2.26. The average molecular weight is 509 g/mol. The number of benzene rings is 3. The fourth-order valence-electron chi connectivity index (χ4n) is 3.32. The number of quaternary nitrogens is 1. The lowest BCUT2D eigenvalue weighted by Crippen LogP contribution is -2.33. The summed E-state index contributed by atoms with van der Waals surface area (Å²) in [6.45, 7) is 2.20. The van der Waals surface area contributed by atoms with Crippen LogP contribution in [0, 0.1) is 6.92 Å². The van der Waals surface area contributed by atoms with Gasteiger partial charge in [-0.2, -0.15) is 0 Å². The van der Waals surface area contributed by atoms with Gasteiger partial charge >= 0.3 is 0 Å². The zero-order valence-electron chi connectivity index (χ0n) is 18.7. The van der Waals surface area contributed by atoms with Gasteiger partial charge in [-0.25, -0.2) is 21.0 Å². The van der Waals surface area contributed by atoms with E-state index in [0.29, 0.717) is 16.6 Å². The Morgan fingerprint density at radius 2 is 1.12 bits per heavy atom. The zero-order valence-corrected chi connectivity index (χ0v) is 21.2. The topological polar surface area (TPSA) is 106 Å². The third-order valence-electron chi connectivity index (χ3n) is 4.95. The Bertz CT molecular complexity index is 1400. The molecule has 0 saturated carbocycles. The Morgan fingerprint density at radius 3 is 1.55 bits per heavy atom. The van der Waals surface area contributed by atoms with Gasteiger partial charge in [0, 0.05) is 5.56 Å². The summed E-state index contributed by atoms with van der Waals surface area (Å²) in [5, 5.41) is 0. The molecule has 0 fully saturated rings. The minimum Gasteiger partial charge on any atom is -0.327 e. The molecule has 0 saturated heterocycles. The number of sulfone groups is 2. The molecule has 33 heavy (non-hydrogen) atoms. The summed E-state index contributed by atoms with van der Waals surface area (Å²) in [6, 6.07) is 15.5. The normalized spacial score (nSPS) is 13.6. The summed E-state index contributed by atoms with van der Waals surface area (Å²) in [6.07, 6.45) is 0. The Hall–Kier alpha value is -2.37. The lowest BCUT2D eigenvalue weighted by Gasteiger charge is -2.25. The van der Waals surface area contributed by atoms with Crippen molar-refractivity contribution < 1.29 is 30.1 Å². The predicted octanol–water partition coefficient (Wildman–Crippen LogP) is 3.45. The largest absolute Gasteiger partial charge is 0.327 e. The molecule has 0 radical (unpaired) electrons. The maximum absolute atomic E-state index is 13.2. The van der Waals surface area contributed by atoms with Crippen molar-refractivity contribution in [2.75, 3.05) is 21.1 Å². The summed E-state index contributed by atoms with van der Waals surface area (Å²) in [7, 11) is -2.10. The maximum atomic E-state index is 13.2. The van der Waals surface area contributed by atoms with Gasteiger partial charge in [0.1, 0.15) is 6.54 Å². The molecular weight excluding hydrogens is 482 g/mol. The highest BCUT2D eigenvalue weighted by molar-refractivity contribution is 7.92. The van der Waals surface area contributed by atoms with Crippen molar-refractivity contribution in [3.05, 3.63) is 77.9 Å². The second kappa shape index (κ2) is 9.11. The third-order valence-corrected chi connectivity index (χ3v) is 9.28. The molecule has 7 nitrogen and oxygen atoms in total. The first-order valence-corrected chi connectivity index (χ1v) is 14.0. The van der Waals surface area contributed by atoms with E-state index in [1.54, 1.807) is 12.1 Å². The van der Waals surface area contributed by atoms with Gasteiger partial charge in [-0.3, -0.25) is 0 Å². The SMILES string of the molecule is Cc1ccc(S(=O)(=O)c2ccc(S(=O)(=O)c3ccc(S(=O)O)c(C[N+](C)(C)C)c3)cc2)cc1. The van der Waals surface area contributed by atoms with Crippen LogP contribution in [0.5, 0.6) is 0 Å². The van der Waals surface area contributed by atoms with Gasteiger partial charge in [0.2, 0.25) is 19.7 Å². The molecule has 1 N–H and O–H groups in total. The van der Waals surface area contributed by atoms with Gasteiger partial charge in [-0.15, -0.1) is 0 Å². The molecule has 0 amide bonds. The first-order valence-electron chi connectivity index (χ1n) is 9.93. The molecule has 1 atom stereocenters. The Kier molecular flexibility index (Phi) is 6.97. The molecule has 3 rings (SSSR count). The summed E-state index contributed by atoms with van der Waals surface area (Å²) in [5.74, 6) is 0. The molecule has 176 valence electrons. The number of hydrogen-bond donors (Lipinski definition) is 1. The molecule has 10 heteroatoms. The molecule has 0 aromatic heterocycles. The first kappa shape index (κ1) is 25.3. The molecule has 0 heterocycles. The van der Waals surface area contributed by atoms with Gasteiger partial charge in [-0.1, -0.05) is 17.7 Å². The second-order valence-corrected chi connectivity index (χ2v) is 13.6. The van der Waals surface area contributed by atoms with Crippen molar-refractivity contribution in [1.29, 1.82) is 0 Å². The maximum Gasteiger partial charge on any atom is 0.206 e. The van der Waals surface area contributed by atoms with Crippen LogP contribution in [-0.2, 0) is 37.3 Å². The van der Waals surface area contributed by atoms with Crippen LogP contribution >= 0.6 is 0 Å². The highest BCUT2D eigenvalue weighted by Gasteiger charge is 2.24. The number of hydrogen-bond acceptors (Lipinski definition) is 5. The van der Waals surface area contributed by atoms with E-state index in [4.69, 9.17) is 0 Å². The first-order chi connectivity index (χ1) is 15.2. The number of aryl methyl sites for hydroxylation is 1. The van der Waals surface area contributed by atoms with Crippen LogP contribution in [0.25, 0.3) is 0 Å². The van der Waals surface area contributed by atoms with Crippen molar-refractivity contribution >= 4 is 30.8 Å². The van der Waals surface area contributed by atoms with Gasteiger partial charge < -0.3 is 9.04 Å². The van der Waals surface area contributed by atoms with E-state index in [-0.39, 0.29) is 24.5 Å². The van der Waals surface area contributed by atoms with Crippen molar-refractivity contribution in [2.45, 2.75) is 37.9 Å². The minimum absolute atomic E-state index is 0.0120. The number of nitrogens with zero attached hydrogens (tertiary/aromatic N) is 1. The van der Waals surface area contributed by atoms with Crippen molar-refractivity contribution in [2.24, 2.45) is 0 Å². The van der Waals surface area contributed by atoms with Crippen molar-refractivity contribution in [3.63, 3.8) is 0 Å². The smallest absolute Gasteiger partial charge is 0.206 e. The summed E-state index contributed by atoms with van der Waals surface area (Å²) < 4.78 is 73.8. The second-order valence-electron chi connectivity index (χ2n) is 8.76. The molecule has 0 spiro atoms. The average Bonchev–Trinajstić information content (AvgIpc) is 2.72. The summed E-state index contributed by atoms with van der Waals surface area (Å²) in [5.41, 5.74) is 1.37. The lowest BCUT2D eigenvalue weighted by molar-refractivity contribution is -0.884. The highest BCUT2D eigenvalue weighted by Crippen LogP contribution is 2.28. The Morgan fingerprint density at radius 1 is 0.727 bits per heavy atom. The Labute approximate surface area is 197 Å². The predicted molar refractivity (Wildman–Crippen MR) is 126 cm³/mol. The lowest BCUT2D eigenvalue weighted by atomic mass is 10.2. The van der Waals surface area contributed by atoms with Crippen molar-refractivity contribution in [1.82, 2.24) is 0 Å². The van der Waals surface area contributed by atoms with Gasteiger partial charge in [0.05, 0.1) is 45.6 Å². The molecule has 1 unspecified atom stereocenters. The quantitative estimate of drug-likeness (QED) is 0.387. The molecule has 0 aliphatic rings. The molecule has 3 aromatic rings. The summed E-state index contributed by atoms with van der Waals surface area (Å²) in [4.78, 5) is 0.165. The van der Waals surface area contributed by atoms with Crippen LogP contribution in [-0.4, -0.2) is 51.2 Å². The molecular formula is C23H26NO6S3+. The molecule has 0 aliphatic heterocycles. The van der Waals surface area contributed by atoms with E-state index in [0.717, 1.165) is 5.56 Å². The molecule has 3 aromatic carbocycles. The van der Waals surface area contributed by atoms with Crippen LogP contribution in [0.3, 0.4) is 0 Å². The highest BCUT2D eigenvalue weighted by atomic mass is 32.2.